The predicted molar refractivity (Wildman–Crippen MR) is 68.7 cm³/mol. The molecule has 7 heteroatoms. The number of aromatic nitrogens is 4. The van der Waals surface area contributed by atoms with Crippen LogP contribution in [0.4, 0.5) is 0 Å². The van der Waals surface area contributed by atoms with Crippen LogP contribution in [0.5, 0.6) is 0 Å². The lowest BCUT2D eigenvalue weighted by molar-refractivity contribution is 0.103. The Balaban J connectivity index is 1.97. The van der Waals surface area contributed by atoms with Crippen LogP contribution >= 0.6 is 11.3 Å². The maximum atomic E-state index is 5.76. The molecule has 2 unspecified atom stereocenters. The Morgan fingerprint density at radius 3 is 3.11 bits per heavy atom. The summed E-state index contributed by atoms with van der Waals surface area (Å²) in [5, 5.41) is 14.0. The van der Waals surface area contributed by atoms with Crippen molar-refractivity contribution in [2.45, 2.75) is 38.2 Å². The van der Waals surface area contributed by atoms with Crippen molar-refractivity contribution in [2.24, 2.45) is 5.73 Å². The van der Waals surface area contributed by atoms with E-state index in [2.05, 4.69) is 22.2 Å². The SMILES string of the molecule is CCC(CN)c1nn2c(C3CCCO3)nnc2s1. The van der Waals surface area contributed by atoms with E-state index in [0.29, 0.717) is 12.5 Å². The van der Waals surface area contributed by atoms with E-state index in [1.54, 1.807) is 11.3 Å². The van der Waals surface area contributed by atoms with E-state index < -0.39 is 0 Å². The zero-order chi connectivity index (χ0) is 12.5. The zero-order valence-electron chi connectivity index (χ0n) is 10.4. The molecule has 2 aromatic rings. The van der Waals surface area contributed by atoms with Crippen LogP contribution in [-0.4, -0.2) is 33.0 Å². The van der Waals surface area contributed by atoms with Crippen LogP contribution in [0, 0.1) is 0 Å². The Hall–Kier alpha value is -1.05. The maximum absolute atomic E-state index is 5.76. The fourth-order valence-corrected chi connectivity index (χ4v) is 3.28. The second kappa shape index (κ2) is 4.91. The number of nitrogens with two attached hydrogens (primary N) is 1. The van der Waals surface area contributed by atoms with Crippen molar-refractivity contribution in [3.63, 3.8) is 0 Å². The van der Waals surface area contributed by atoms with Gasteiger partial charge in [0.05, 0.1) is 0 Å². The Morgan fingerprint density at radius 2 is 2.44 bits per heavy atom. The van der Waals surface area contributed by atoms with Crippen LogP contribution in [0.15, 0.2) is 0 Å². The molecule has 6 nitrogen and oxygen atoms in total. The van der Waals surface area contributed by atoms with Gasteiger partial charge < -0.3 is 10.5 Å². The molecule has 0 saturated carbocycles. The second-order valence-corrected chi connectivity index (χ2v) is 5.52. The van der Waals surface area contributed by atoms with Crippen molar-refractivity contribution in [1.82, 2.24) is 19.8 Å². The van der Waals surface area contributed by atoms with Gasteiger partial charge in [-0.05, 0) is 19.3 Å². The van der Waals surface area contributed by atoms with Gasteiger partial charge in [0.15, 0.2) is 5.82 Å². The van der Waals surface area contributed by atoms with Crippen LogP contribution in [-0.2, 0) is 4.74 Å². The molecule has 3 rings (SSSR count). The Morgan fingerprint density at radius 1 is 1.56 bits per heavy atom. The molecule has 18 heavy (non-hydrogen) atoms. The molecule has 0 aromatic carbocycles. The highest BCUT2D eigenvalue weighted by Gasteiger charge is 2.25. The third-order valence-corrected chi connectivity index (χ3v) is 4.44. The van der Waals surface area contributed by atoms with Crippen molar-refractivity contribution in [3.05, 3.63) is 10.8 Å². The van der Waals surface area contributed by atoms with E-state index in [1.807, 2.05) is 4.52 Å². The fraction of sp³-hybridized carbons (Fsp3) is 0.727. The lowest BCUT2D eigenvalue weighted by Crippen LogP contribution is -2.12. The summed E-state index contributed by atoms with van der Waals surface area (Å²) in [4.78, 5) is 0.836. The molecule has 0 radical (unpaired) electrons. The third-order valence-electron chi connectivity index (χ3n) is 3.37. The van der Waals surface area contributed by atoms with Crippen LogP contribution in [0.3, 0.4) is 0 Å². The van der Waals surface area contributed by atoms with E-state index in [4.69, 9.17) is 10.5 Å². The van der Waals surface area contributed by atoms with Gasteiger partial charge in [0.25, 0.3) is 0 Å². The molecule has 3 heterocycles. The molecular formula is C11H17N5OS. The van der Waals surface area contributed by atoms with Crippen molar-refractivity contribution in [2.75, 3.05) is 13.2 Å². The summed E-state index contributed by atoms with van der Waals surface area (Å²) < 4.78 is 7.47. The summed E-state index contributed by atoms with van der Waals surface area (Å²) in [6, 6.07) is 0. The van der Waals surface area contributed by atoms with Gasteiger partial charge in [-0.2, -0.15) is 9.61 Å². The molecule has 0 bridgehead atoms. The number of nitrogens with zero attached hydrogens (tertiary/aromatic N) is 4. The zero-order valence-corrected chi connectivity index (χ0v) is 11.2. The lowest BCUT2D eigenvalue weighted by Gasteiger charge is -2.07. The summed E-state index contributed by atoms with van der Waals surface area (Å²) in [6.45, 7) is 3.55. The Labute approximate surface area is 109 Å². The van der Waals surface area contributed by atoms with Crippen LogP contribution in [0.25, 0.3) is 4.96 Å². The highest BCUT2D eigenvalue weighted by atomic mass is 32.1. The smallest absolute Gasteiger partial charge is 0.234 e. The molecule has 0 aliphatic carbocycles. The monoisotopic (exact) mass is 267 g/mol. The topological polar surface area (TPSA) is 78.3 Å². The third kappa shape index (κ3) is 1.92. The normalized spacial score (nSPS) is 21.8. The first-order valence-electron chi connectivity index (χ1n) is 6.37. The van der Waals surface area contributed by atoms with Crippen LogP contribution < -0.4 is 5.73 Å². The molecular weight excluding hydrogens is 250 g/mol. The summed E-state index contributed by atoms with van der Waals surface area (Å²) in [7, 11) is 0. The number of hydrogen-bond acceptors (Lipinski definition) is 6. The van der Waals surface area contributed by atoms with Gasteiger partial charge in [0.1, 0.15) is 11.1 Å². The second-order valence-electron chi connectivity index (χ2n) is 4.54. The van der Waals surface area contributed by atoms with Crippen LogP contribution in [0.2, 0.25) is 0 Å². The lowest BCUT2D eigenvalue weighted by atomic mass is 10.1. The van der Waals surface area contributed by atoms with Gasteiger partial charge in [-0.25, -0.2) is 0 Å². The predicted octanol–water partition coefficient (Wildman–Crippen LogP) is 1.49. The quantitative estimate of drug-likeness (QED) is 0.908. The standard InChI is InChI=1S/C11H17N5OS/c1-2-7(6-12)10-15-16-9(8-4-3-5-17-8)13-14-11(16)18-10/h7-8H,2-6,12H2,1H3. The van der Waals surface area contributed by atoms with E-state index in [-0.39, 0.29) is 6.10 Å². The molecule has 98 valence electrons. The highest BCUT2D eigenvalue weighted by molar-refractivity contribution is 7.16. The minimum atomic E-state index is 0.0490. The summed E-state index contributed by atoms with van der Waals surface area (Å²) in [5.41, 5.74) is 5.76. The molecule has 0 amide bonds. The van der Waals surface area contributed by atoms with Crippen molar-refractivity contribution >= 4 is 16.3 Å². The molecule has 1 fully saturated rings. The van der Waals surface area contributed by atoms with Gasteiger partial charge >= 0.3 is 0 Å². The highest BCUT2D eigenvalue weighted by Crippen LogP contribution is 2.30. The van der Waals surface area contributed by atoms with E-state index in [1.165, 1.54) is 0 Å². The first-order valence-corrected chi connectivity index (χ1v) is 7.18. The summed E-state index contributed by atoms with van der Waals surface area (Å²) >= 11 is 1.58. The first kappa shape index (κ1) is 12.0. The van der Waals surface area contributed by atoms with Crippen molar-refractivity contribution < 1.29 is 4.74 Å². The molecule has 1 saturated heterocycles. The first-order chi connectivity index (χ1) is 8.83. The van der Waals surface area contributed by atoms with Crippen LogP contribution in [0.1, 0.15) is 49.0 Å². The Bertz CT molecular complexity index is 527. The van der Waals surface area contributed by atoms with Crippen molar-refractivity contribution in [1.29, 1.82) is 0 Å². The molecule has 2 N–H and O–H groups in total. The fourth-order valence-electron chi connectivity index (χ4n) is 2.24. The van der Waals surface area contributed by atoms with Crippen molar-refractivity contribution in [3.8, 4) is 0 Å². The maximum Gasteiger partial charge on any atom is 0.234 e. The average Bonchev–Trinajstić information content (AvgIpc) is 3.04. The number of hydrogen-bond donors (Lipinski definition) is 1. The largest absolute Gasteiger partial charge is 0.370 e. The molecule has 0 spiro atoms. The van der Waals surface area contributed by atoms with Gasteiger partial charge in [-0.3, -0.25) is 0 Å². The number of rotatable bonds is 4. The summed E-state index contributed by atoms with van der Waals surface area (Å²) in [6.07, 6.45) is 3.13. The van der Waals surface area contributed by atoms with Gasteiger partial charge in [0.2, 0.25) is 4.96 Å². The molecule has 2 atom stereocenters. The molecule has 1 aliphatic heterocycles. The summed E-state index contributed by atoms with van der Waals surface area (Å²) in [5.74, 6) is 1.14. The average molecular weight is 267 g/mol. The van der Waals surface area contributed by atoms with Gasteiger partial charge in [-0.15, -0.1) is 10.2 Å². The van der Waals surface area contributed by atoms with Gasteiger partial charge in [-0.1, -0.05) is 18.3 Å². The number of fused-ring (bicyclic) bond motifs is 1. The minimum Gasteiger partial charge on any atom is -0.370 e. The minimum absolute atomic E-state index is 0.0490. The molecule has 1 aliphatic rings. The Kier molecular flexibility index (Phi) is 3.27. The van der Waals surface area contributed by atoms with E-state index in [0.717, 1.165) is 41.7 Å². The molecule has 2 aromatic heterocycles. The van der Waals surface area contributed by atoms with Gasteiger partial charge in [0, 0.05) is 19.1 Å². The van der Waals surface area contributed by atoms with E-state index >= 15 is 0 Å². The van der Waals surface area contributed by atoms with E-state index in [9.17, 15) is 0 Å². The number of ether oxygens (including phenoxy) is 1.